The fourth-order valence-electron chi connectivity index (χ4n) is 6.90. The van der Waals surface area contributed by atoms with Crippen LogP contribution < -0.4 is 29.7 Å². The molecule has 0 aromatic heterocycles. The van der Waals surface area contributed by atoms with Crippen molar-refractivity contribution in [3.63, 3.8) is 0 Å². The number of morpholine rings is 1. The van der Waals surface area contributed by atoms with E-state index >= 15 is 0 Å². The minimum Gasteiger partial charge on any atom is -0.493 e. The first-order valence-electron chi connectivity index (χ1n) is 18.4. The van der Waals surface area contributed by atoms with E-state index in [4.69, 9.17) is 23.7 Å². The quantitative estimate of drug-likeness (QED) is 0.169. The fraction of sp³-hybridized carbons (Fsp3) is 0.381. The lowest BCUT2D eigenvalue weighted by Gasteiger charge is -2.28. The smallest absolute Gasteiger partial charge is 0.410 e. The Balaban J connectivity index is 0.984. The van der Waals surface area contributed by atoms with Crippen LogP contribution in [0, 0.1) is 0 Å². The summed E-state index contributed by atoms with van der Waals surface area (Å²) >= 11 is 0. The molecule has 278 valence electrons. The van der Waals surface area contributed by atoms with E-state index in [2.05, 4.69) is 33.7 Å². The van der Waals surface area contributed by atoms with Gasteiger partial charge < -0.3 is 44.1 Å². The molecule has 0 bridgehead atoms. The van der Waals surface area contributed by atoms with Gasteiger partial charge in [-0.25, -0.2) is 4.79 Å². The lowest BCUT2D eigenvalue weighted by Crippen LogP contribution is -2.42. The number of anilines is 4. The fourth-order valence-corrected chi connectivity index (χ4v) is 6.90. The number of hydrogen-bond acceptors (Lipinski definition) is 9. The highest BCUT2D eigenvalue weighted by Crippen LogP contribution is 2.38. The molecule has 2 N–H and O–H groups in total. The van der Waals surface area contributed by atoms with Gasteiger partial charge in [-0.15, -0.1) is 0 Å². The lowest BCUT2D eigenvalue weighted by atomic mass is 10.0. The Hall–Kier alpha value is -5.42. The van der Waals surface area contributed by atoms with Gasteiger partial charge in [0.05, 0.1) is 55.6 Å². The average molecular weight is 721 g/mol. The molecule has 0 radical (unpaired) electrons. The zero-order valence-corrected chi connectivity index (χ0v) is 30.9. The monoisotopic (exact) mass is 720 g/mol. The normalized spacial score (nSPS) is 16.8. The molecule has 4 aromatic carbocycles. The summed E-state index contributed by atoms with van der Waals surface area (Å²) in [7, 11) is 1.61. The second-order valence-corrected chi connectivity index (χ2v) is 14.6. The van der Waals surface area contributed by atoms with Gasteiger partial charge in [0.25, 0.3) is 5.91 Å². The molecular weight excluding hydrogens is 672 g/mol. The predicted octanol–water partition coefficient (Wildman–Crippen LogP) is 7.91. The number of carbonyl (C=O) groups is 2. The lowest BCUT2D eigenvalue weighted by molar-refractivity contribution is 0.0186. The van der Waals surface area contributed by atoms with Crippen LogP contribution >= 0.6 is 0 Å². The molecule has 53 heavy (non-hydrogen) atoms. The van der Waals surface area contributed by atoms with Crippen molar-refractivity contribution in [2.24, 2.45) is 0 Å². The number of fused-ring (bicyclic) bond motifs is 2. The molecule has 3 heterocycles. The molecule has 3 aliphatic heterocycles. The average Bonchev–Trinajstić information content (AvgIpc) is 3.58. The Morgan fingerprint density at radius 1 is 0.830 bits per heavy atom. The molecule has 1 atom stereocenters. The summed E-state index contributed by atoms with van der Waals surface area (Å²) in [4.78, 5) is 30.2. The van der Waals surface area contributed by atoms with Crippen molar-refractivity contribution in [2.75, 3.05) is 68.7 Å². The maximum absolute atomic E-state index is 13.4. The van der Waals surface area contributed by atoms with E-state index in [-0.39, 0.29) is 18.0 Å². The Morgan fingerprint density at radius 3 is 2.38 bits per heavy atom. The molecule has 4 aromatic rings. The van der Waals surface area contributed by atoms with Crippen LogP contribution in [0.25, 0.3) is 11.1 Å². The highest BCUT2D eigenvalue weighted by molar-refractivity contribution is 6.12. The molecule has 7 rings (SSSR count). The van der Waals surface area contributed by atoms with Crippen molar-refractivity contribution in [1.29, 1.82) is 0 Å². The summed E-state index contributed by atoms with van der Waals surface area (Å²) in [5.41, 5.74) is 6.29. The van der Waals surface area contributed by atoms with Gasteiger partial charge in [-0.1, -0.05) is 18.2 Å². The summed E-state index contributed by atoms with van der Waals surface area (Å²) in [6.45, 7) is 10.4. The van der Waals surface area contributed by atoms with Crippen LogP contribution in [0.15, 0.2) is 78.9 Å². The Morgan fingerprint density at radius 2 is 1.60 bits per heavy atom. The van der Waals surface area contributed by atoms with E-state index in [1.54, 1.807) is 12.0 Å². The van der Waals surface area contributed by atoms with Crippen molar-refractivity contribution < 1.29 is 33.3 Å². The van der Waals surface area contributed by atoms with Crippen LogP contribution in [0.3, 0.4) is 0 Å². The summed E-state index contributed by atoms with van der Waals surface area (Å²) in [6.07, 6.45) is 2.13. The number of nitrogens with one attached hydrogen (secondary N) is 2. The summed E-state index contributed by atoms with van der Waals surface area (Å²) in [5, 5.41) is 6.56. The van der Waals surface area contributed by atoms with Crippen molar-refractivity contribution >= 4 is 34.7 Å². The van der Waals surface area contributed by atoms with Gasteiger partial charge in [-0.05, 0) is 111 Å². The Labute approximate surface area is 311 Å². The van der Waals surface area contributed by atoms with Crippen LogP contribution in [0.2, 0.25) is 0 Å². The van der Waals surface area contributed by atoms with E-state index in [9.17, 15) is 9.59 Å². The molecular formula is C42H48N4O7. The van der Waals surface area contributed by atoms with Gasteiger partial charge in [0.1, 0.15) is 18.0 Å². The molecule has 11 heteroatoms. The number of rotatable bonds is 10. The van der Waals surface area contributed by atoms with E-state index in [0.29, 0.717) is 48.9 Å². The number of methoxy groups -OCH3 is 1. The number of ether oxygens (including phenoxy) is 5. The zero-order chi connectivity index (χ0) is 37.0. The molecule has 2 amide bonds. The minimum absolute atomic E-state index is 0.0765. The van der Waals surface area contributed by atoms with Crippen LogP contribution in [0.1, 0.15) is 49.5 Å². The third kappa shape index (κ3) is 8.63. The van der Waals surface area contributed by atoms with Crippen molar-refractivity contribution in [3.8, 4) is 28.4 Å². The molecule has 11 nitrogen and oxygen atoms in total. The van der Waals surface area contributed by atoms with Crippen molar-refractivity contribution in [2.45, 2.75) is 51.7 Å². The van der Waals surface area contributed by atoms with E-state index in [0.717, 1.165) is 73.0 Å². The van der Waals surface area contributed by atoms with Crippen LogP contribution in [-0.2, 0) is 15.9 Å². The summed E-state index contributed by atoms with van der Waals surface area (Å²) < 4.78 is 29.0. The standard InChI is InChI=1S/C42H48N4O7/c1-42(2,3)53-41(48)46-18-5-6-32(46)27-52-38-16-9-30(26-39(38)49-4)29-8-14-34-36(25-29)43-35-15-7-28(24-37(35)44-40(34)47)17-21-51-33-12-10-31(11-13-33)45-19-22-50-23-20-45/h7-16,24-26,32,43H,5-6,17-23,27H2,1-4H3,(H,44,47)/t32-/m1/s1. The maximum atomic E-state index is 13.4. The number of carbonyl (C=O) groups excluding carboxylic acids is 2. The maximum Gasteiger partial charge on any atom is 0.410 e. The molecule has 3 aliphatic rings. The number of benzene rings is 4. The highest BCUT2D eigenvalue weighted by Gasteiger charge is 2.33. The first kappa shape index (κ1) is 36.0. The third-order valence-corrected chi connectivity index (χ3v) is 9.67. The van der Waals surface area contributed by atoms with Gasteiger partial charge in [0.15, 0.2) is 11.5 Å². The van der Waals surface area contributed by atoms with Gasteiger partial charge in [0.2, 0.25) is 0 Å². The van der Waals surface area contributed by atoms with E-state index < -0.39 is 5.60 Å². The number of hydrogen-bond donors (Lipinski definition) is 2. The Bertz CT molecular complexity index is 1940. The van der Waals surface area contributed by atoms with Crippen molar-refractivity contribution in [3.05, 3.63) is 90.0 Å². The van der Waals surface area contributed by atoms with Crippen molar-refractivity contribution in [1.82, 2.24) is 4.90 Å². The van der Waals surface area contributed by atoms with Crippen LogP contribution in [0.5, 0.6) is 17.2 Å². The molecule has 0 unspecified atom stereocenters. The van der Waals surface area contributed by atoms with E-state index in [1.807, 2.05) is 81.4 Å². The first-order chi connectivity index (χ1) is 25.6. The number of amides is 2. The zero-order valence-electron chi connectivity index (χ0n) is 30.9. The van der Waals surface area contributed by atoms with E-state index in [1.165, 1.54) is 5.69 Å². The second-order valence-electron chi connectivity index (χ2n) is 14.6. The SMILES string of the molecule is COc1cc(-c2ccc3c(c2)Nc2ccc(CCOc4ccc(N5CCOCC5)cc4)cc2NC3=O)ccc1OC[C@H]1CCCN1C(=O)OC(C)(C)C. The topological polar surface area (TPSA) is 111 Å². The van der Waals surface area contributed by atoms with Crippen LogP contribution in [0.4, 0.5) is 27.5 Å². The molecule has 2 fully saturated rings. The summed E-state index contributed by atoms with van der Waals surface area (Å²) in [6, 6.07) is 25.7. The van der Waals surface area contributed by atoms with Gasteiger partial charge >= 0.3 is 6.09 Å². The predicted molar refractivity (Wildman–Crippen MR) is 206 cm³/mol. The van der Waals surface area contributed by atoms with Gasteiger partial charge in [0, 0.05) is 31.7 Å². The largest absolute Gasteiger partial charge is 0.493 e. The van der Waals surface area contributed by atoms with Gasteiger partial charge in [-0.3, -0.25) is 4.79 Å². The molecule has 2 saturated heterocycles. The number of nitrogens with zero attached hydrogens (tertiary/aromatic N) is 2. The summed E-state index contributed by atoms with van der Waals surface area (Å²) in [5.74, 6) is 1.82. The molecule has 0 saturated carbocycles. The first-order valence-corrected chi connectivity index (χ1v) is 18.4. The Kier molecular flexibility index (Phi) is 10.6. The molecule has 0 spiro atoms. The minimum atomic E-state index is -0.555. The van der Waals surface area contributed by atoms with Gasteiger partial charge in [-0.2, -0.15) is 0 Å². The highest BCUT2D eigenvalue weighted by atomic mass is 16.6. The van der Waals surface area contributed by atoms with Crippen LogP contribution in [-0.4, -0.2) is 81.7 Å². The third-order valence-electron chi connectivity index (χ3n) is 9.67. The second kappa shape index (κ2) is 15.7. The number of likely N-dealkylation sites (tertiary alicyclic amines) is 1. The molecule has 0 aliphatic carbocycles.